The zero-order valence-corrected chi connectivity index (χ0v) is 13.1. The van der Waals surface area contributed by atoms with Gasteiger partial charge < -0.3 is 5.32 Å². The van der Waals surface area contributed by atoms with Crippen LogP contribution < -0.4 is 10.0 Å². The molecule has 1 atom stereocenters. The lowest BCUT2D eigenvalue weighted by atomic mass is 9.88. The van der Waals surface area contributed by atoms with Crippen LogP contribution in [0.15, 0.2) is 23.2 Å². The van der Waals surface area contributed by atoms with Crippen molar-refractivity contribution in [3.05, 3.63) is 18.3 Å². The van der Waals surface area contributed by atoms with Crippen molar-refractivity contribution in [2.24, 2.45) is 5.41 Å². The monoisotopic (exact) mass is 297 g/mol. The van der Waals surface area contributed by atoms with Crippen LogP contribution in [0.3, 0.4) is 0 Å². The molecule has 1 aromatic rings. The van der Waals surface area contributed by atoms with E-state index in [0.717, 1.165) is 19.3 Å². The van der Waals surface area contributed by atoms with Crippen LogP contribution in [0, 0.1) is 5.41 Å². The molecule has 1 fully saturated rings. The normalized spacial score (nSPS) is 21.9. The minimum Gasteiger partial charge on any atom is -0.369 e. The molecular formula is C14H23N3O2S. The second kappa shape index (κ2) is 5.69. The molecule has 2 rings (SSSR count). The maximum absolute atomic E-state index is 12.6. The van der Waals surface area contributed by atoms with Gasteiger partial charge in [-0.15, -0.1) is 0 Å². The first-order valence-corrected chi connectivity index (χ1v) is 8.56. The van der Waals surface area contributed by atoms with E-state index in [4.69, 9.17) is 0 Å². The smallest absolute Gasteiger partial charge is 0.244 e. The van der Waals surface area contributed by atoms with Gasteiger partial charge in [-0.2, -0.15) is 0 Å². The highest BCUT2D eigenvalue weighted by atomic mass is 32.2. The lowest BCUT2D eigenvalue weighted by Gasteiger charge is -2.27. The van der Waals surface area contributed by atoms with Crippen LogP contribution in [-0.2, 0) is 10.0 Å². The van der Waals surface area contributed by atoms with Crippen LogP contribution in [-0.4, -0.2) is 26.0 Å². The van der Waals surface area contributed by atoms with Crippen LogP contribution in [0.2, 0.25) is 0 Å². The zero-order valence-electron chi connectivity index (χ0n) is 12.3. The molecule has 2 N–H and O–H groups in total. The molecule has 0 saturated heterocycles. The first-order valence-electron chi connectivity index (χ1n) is 7.08. The van der Waals surface area contributed by atoms with Crippen molar-refractivity contribution in [3.8, 4) is 0 Å². The predicted octanol–water partition coefficient (Wildman–Crippen LogP) is 2.37. The van der Waals surface area contributed by atoms with E-state index in [2.05, 4.69) is 28.9 Å². The van der Waals surface area contributed by atoms with E-state index in [1.807, 2.05) is 6.92 Å². The minimum absolute atomic E-state index is 0.00757. The van der Waals surface area contributed by atoms with Gasteiger partial charge in [0.15, 0.2) is 0 Å². The van der Waals surface area contributed by atoms with Gasteiger partial charge in [0.05, 0.1) is 0 Å². The third-order valence-corrected chi connectivity index (χ3v) is 5.46. The Morgan fingerprint density at radius 1 is 1.45 bits per heavy atom. The molecule has 1 saturated carbocycles. The summed E-state index contributed by atoms with van der Waals surface area (Å²) >= 11 is 0. The summed E-state index contributed by atoms with van der Waals surface area (Å²) in [6, 6.07) is 3.23. The fourth-order valence-corrected chi connectivity index (χ4v) is 4.28. The van der Waals surface area contributed by atoms with E-state index in [1.165, 1.54) is 0 Å². The van der Waals surface area contributed by atoms with Crippen LogP contribution in [0.5, 0.6) is 0 Å². The number of nitrogens with one attached hydrogen (secondary N) is 2. The predicted molar refractivity (Wildman–Crippen MR) is 80.1 cm³/mol. The third-order valence-electron chi connectivity index (χ3n) is 3.96. The quantitative estimate of drug-likeness (QED) is 0.875. The van der Waals surface area contributed by atoms with Gasteiger partial charge >= 0.3 is 0 Å². The maximum atomic E-state index is 12.6. The van der Waals surface area contributed by atoms with Crippen LogP contribution in [0.4, 0.5) is 5.82 Å². The number of anilines is 1. The summed E-state index contributed by atoms with van der Waals surface area (Å²) < 4.78 is 28.0. The van der Waals surface area contributed by atoms with Gasteiger partial charge in [0, 0.05) is 18.8 Å². The molecule has 1 aliphatic rings. The Labute approximate surface area is 121 Å². The van der Waals surface area contributed by atoms with Crippen LogP contribution in [0.25, 0.3) is 0 Å². The van der Waals surface area contributed by atoms with Crippen molar-refractivity contribution >= 4 is 15.8 Å². The highest BCUT2D eigenvalue weighted by Gasteiger charge is 2.37. The Morgan fingerprint density at radius 3 is 2.80 bits per heavy atom. The molecule has 0 aliphatic heterocycles. The molecule has 1 heterocycles. The highest BCUT2D eigenvalue weighted by molar-refractivity contribution is 7.89. The Balaban J connectivity index is 2.27. The second-order valence-electron chi connectivity index (χ2n) is 5.94. The molecule has 1 unspecified atom stereocenters. The average Bonchev–Trinajstić information content (AvgIpc) is 2.69. The maximum Gasteiger partial charge on any atom is 0.244 e. The molecule has 20 heavy (non-hydrogen) atoms. The molecule has 0 amide bonds. The molecule has 5 nitrogen and oxygen atoms in total. The topological polar surface area (TPSA) is 71.1 Å². The molecule has 112 valence electrons. The van der Waals surface area contributed by atoms with Crippen molar-refractivity contribution in [1.82, 2.24) is 9.71 Å². The van der Waals surface area contributed by atoms with Crippen molar-refractivity contribution < 1.29 is 8.42 Å². The summed E-state index contributed by atoms with van der Waals surface area (Å²) in [6.45, 7) is 6.77. The third kappa shape index (κ3) is 3.12. The largest absolute Gasteiger partial charge is 0.369 e. The van der Waals surface area contributed by atoms with Crippen LogP contribution in [0.1, 0.15) is 40.0 Å². The SMILES string of the molecule is CCNc1ncccc1S(=O)(=O)NC1CCCC1(C)C. The summed E-state index contributed by atoms with van der Waals surface area (Å²) in [5, 5.41) is 3.00. The fourth-order valence-electron chi connectivity index (χ4n) is 2.70. The summed E-state index contributed by atoms with van der Waals surface area (Å²) in [6.07, 6.45) is 4.60. The van der Waals surface area contributed by atoms with E-state index in [-0.39, 0.29) is 16.4 Å². The molecule has 0 aromatic carbocycles. The molecule has 0 radical (unpaired) electrons. The first-order chi connectivity index (χ1) is 9.37. The molecule has 6 heteroatoms. The first kappa shape index (κ1) is 15.3. The number of aromatic nitrogens is 1. The van der Waals surface area contributed by atoms with E-state index >= 15 is 0 Å². The van der Waals surface area contributed by atoms with Gasteiger partial charge in [0.2, 0.25) is 10.0 Å². The molecule has 0 bridgehead atoms. The van der Waals surface area contributed by atoms with Crippen molar-refractivity contribution in [2.45, 2.75) is 51.0 Å². The number of hydrogen-bond acceptors (Lipinski definition) is 4. The van der Waals surface area contributed by atoms with Crippen molar-refractivity contribution in [2.75, 3.05) is 11.9 Å². The standard InChI is InChI=1S/C14H23N3O2S/c1-4-15-13-11(7-6-10-16-13)20(18,19)17-12-8-5-9-14(12,2)3/h6-7,10,12,17H,4-5,8-9H2,1-3H3,(H,15,16). The zero-order chi connectivity index (χ0) is 14.8. The summed E-state index contributed by atoms with van der Waals surface area (Å²) in [5.74, 6) is 0.415. The lowest BCUT2D eigenvalue weighted by molar-refractivity contribution is 0.313. The number of sulfonamides is 1. The molecule has 1 aliphatic carbocycles. The summed E-state index contributed by atoms with van der Waals surface area (Å²) in [5.41, 5.74) is 0.00757. The molecule has 1 aromatic heterocycles. The summed E-state index contributed by atoms with van der Waals surface area (Å²) in [4.78, 5) is 4.34. The van der Waals surface area contributed by atoms with Crippen LogP contribution >= 0.6 is 0 Å². The Kier molecular flexibility index (Phi) is 4.34. The highest BCUT2D eigenvalue weighted by Crippen LogP contribution is 2.38. The number of pyridine rings is 1. The summed E-state index contributed by atoms with van der Waals surface area (Å²) in [7, 11) is -3.54. The van der Waals surface area contributed by atoms with E-state index in [1.54, 1.807) is 18.3 Å². The average molecular weight is 297 g/mol. The molecular weight excluding hydrogens is 274 g/mol. The fraction of sp³-hybridized carbons (Fsp3) is 0.643. The van der Waals surface area contributed by atoms with Gasteiger partial charge in [0.25, 0.3) is 0 Å². The van der Waals surface area contributed by atoms with Crippen molar-refractivity contribution in [1.29, 1.82) is 0 Å². The van der Waals surface area contributed by atoms with Crippen molar-refractivity contribution in [3.63, 3.8) is 0 Å². The van der Waals surface area contributed by atoms with Gasteiger partial charge in [0.1, 0.15) is 10.7 Å². The van der Waals surface area contributed by atoms with E-state index < -0.39 is 10.0 Å². The number of hydrogen-bond donors (Lipinski definition) is 2. The Morgan fingerprint density at radius 2 is 2.20 bits per heavy atom. The minimum atomic E-state index is -3.54. The van der Waals surface area contributed by atoms with Gasteiger partial charge in [-0.25, -0.2) is 18.1 Å². The van der Waals surface area contributed by atoms with Gasteiger partial charge in [-0.05, 0) is 37.3 Å². The van der Waals surface area contributed by atoms with Gasteiger partial charge in [-0.3, -0.25) is 0 Å². The number of nitrogens with zero attached hydrogens (tertiary/aromatic N) is 1. The lowest BCUT2D eigenvalue weighted by Crippen LogP contribution is -2.41. The van der Waals surface area contributed by atoms with E-state index in [0.29, 0.717) is 12.4 Å². The molecule has 0 spiro atoms. The second-order valence-corrected chi connectivity index (χ2v) is 7.62. The Hall–Kier alpha value is -1.14. The Bertz CT molecular complexity index is 570. The number of rotatable bonds is 5. The van der Waals surface area contributed by atoms with E-state index in [9.17, 15) is 8.42 Å². The van der Waals surface area contributed by atoms with Gasteiger partial charge in [-0.1, -0.05) is 20.3 Å².